The molecule has 3 aliphatic heterocycles. The van der Waals surface area contributed by atoms with Gasteiger partial charge in [-0.1, -0.05) is 26.0 Å². The molecule has 1 unspecified atom stereocenters. The summed E-state index contributed by atoms with van der Waals surface area (Å²) >= 11 is 0. The van der Waals surface area contributed by atoms with E-state index in [0.717, 1.165) is 6.42 Å². The monoisotopic (exact) mass is 388 g/mol. The molecule has 3 fully saturated rings. The van der Waals surface area contributed by atoms with E-state index in [2.05, 4.69) is 13.8 Å². The van der Waals surface area contributed by atoms with E-state index in [1.54, 1.807) is 19.9 Å². The molecular formula is C19H32O8. The van der Waals surface area contributed by atoms with Gasteiger partial charge in [-0.25, -0.2) is 0 Å². The molecule has 0 aliphatic carbocycles. The number of hydrogen-bond donors (Lipinski definition) is 5. The lowest BCUT2D eigenvalue weighted by Gasteiger charge is -2.46. The van der Waals surface area contributed by atoms with Gasteiger partial charge in [0.25, 0.3) is 0 Å². The Labute approximate surface area is 159 Å². The maximum absolute atomic E-state index is 10.9. The van der Waals surface area contributed by atoms with Gasteiger partial charge < -0.3 is 39.7 Å². The van der Waals surface area contributed by atoms with E-state index in [0.29, 0.717) is 6.42 Å². The van der Waals surface area contributed by atoms with Crippen LogP contribution < -0.4 is 0 Å². The zero-order chi connectivity index (χ0) is 20.2. The maximum Gasteiger partial charge on any atom is 0.187 e. The average Bonchev–Trinajstić information content (AvgIpc) is 2.98. The Kier molecular flexibility index (Phi) is 5.51. The highest BCUT2D eigenvalue weighted by Gasteiger charge is 2.67. The second-order valence-corrected chi connectivity index (χ2v) is 8.94. The Morgan fingerprint density at radius 1 is 1.11 bits per heavy atom. The number of fused-ring (bicyclic) bond motifs is 2. The Hall–Kier alpha value is -0.580. The summed E-state index contributed by atoms with van der Waals surface area (Å²) in [6, 6.07) is 0. The first kappa shape index (κ1) is 21.1. The van der Waals surface area contributed by atoms with Crippen LogP contribution in [0.5, 0.6) is 0 Å². The van der Waals surface area contributed by atoms with Gasteiger partial charge in [-0.15, -0.1) is 0 Å². The molecule has 3 saturated heterocycles. The highest BCUT2D eigenvalue weighted by molar-refractivity contribution is 5.27. The first-order chi connectivity index (χ1) is 12.4. The highest BCUT2D eigenvalue weighted by atomic mass is 16.7. The molecule has 0 aromatic carbocycles. The van der Waals surface area contributed by atoms with Crippen LogP contribution in [0.15, 0.2) is 12.2 Å². The van der Waals surface area contributed by atoms with E-state index in [-0.39, 0.29) is 11.5 Å². The topological polar surface area (TPSA) is 129 Å². The fourth-order valence-corrected chi connectivity index (χ4v) is 4.90. The van der Waals surface area contributed by atoms with Crippen LogP contribution >= 0.6 is 0 Å². The molecule has 0 saturated carbocycles. The summed E-state index contributed by atoms with van der Waals surface area (Å²) in [5, 5.41) is 50.0. The molecule has 8 nitrogen and oxygen atoms in total. The summed E-state index contributed by atoms with van der Waals surface area (Å²) in [5.74, 6) is 0. The van der Waals surface area contributed by atoms with Crippen LogP contribution in [0.25, 0.3) is 0 Å². The summed E-state index contributed by atoms with van der Waals surface area (Å²) in [6.45, 7) is 7.13. The summed E-state index contributed by atoms with van der Waals surface area (Å²) in [4.78, 5) is 0. The van der Waals surface area contributed by atoms with Crippen molar-refractivity contribution in [3.05, 3.63) is 12.2 Å². The summed E-state index contributed by atoms with van der Waals surface area (Å²) in [6.07, 6.45) is -2.09. The lowest BCUT2D eigenvalue weighted by atomic mass is 9.61. The van der Waals surface area contributed by atoms with Gasteiger partial charge in [0, 0.05) is 11.8 Å². The van der Waals surface area contributed by atoms with Crippen molar-refractivity contribution in [3.63, 3.8) is 0 Å². The third kappa shape index (κ3) is 3.36. The zero-order valence-electron chi connectivity index (χ0n) is 16.3. The zero-order valence-corrected chi connectivity index (χ0v) is 16.3. The molecule has 0 amide bonds. The minimum atomic E-state index is -1.48. The van der Waals surface area contributed by atoms with Gasteiger partial charge in [0.05, 0.1) is 24.4 Å². The van der Waals surface area contributed by atoms with Crippen LogP contribution in [-0.2, 0) is 14.2 Å². The molecule has 0 aromatic heterocycles. The minimum absolute atomic E-state index is 0.0151. The van der Waals surface area contributed by atoms with Crippen molar-refractivity contribution in [1.82, 2.24) is 0 Å². The van der Waals surface area contributed by atoms with Crippen molar-refractivity contribution in [2.75, 3.05) is 6.61 Å². The van der Waals surface area contributed by atoms with Gasteiger partial charge in [0.2, 0.25) is 0 Å². The number of ether oxygens (including phenoxy) is 3. The third-order valence-corrected chi connectivity index (χ3v) is 6.32. The van der Waals surface area contributed by atoms with E-state index in [1.165, 1.54) is 0 Å². The molecule has 3 rings (SSSR count). The van der Waals surface area contributed by atoms with Crippen molar-refractivity contribution in [2.24, 2.45) is 5.41 Å². The van der Waals surface area contributed by atoms with Crippen LogP contribution in [0.2, 0.25) is 0 Å². The molecule has 2 bridgehead atoms. The molecule has 27 heavy (non-hydrogen) atoms. The molecule has 5 N–H and O–H groups in total. The van der Waals surface area contributed by atoms with E-state index in [9.17, 15) is 25.5 Å². The smallest absolute Gasteiger partial charge is 0.187 e. The van der Waals surface area contributed by atoms with Crippen LogP contribution in [0.1, 0.15) is 40.5 Å². The first-order valence-electron chi connectivity index (χ1n) is 9.49. The normalized spacial score (nSPS) is 50.4. The lowest BCUT2D eigenvalue weighted by molar-refractivity contribution is -0.306. The Balaban J connectivity index is 1.71. The van der Waals surface area contributed by atoms with Gasteiger partial charge in [0.1, 0.15) is 30.0 Å². The quantitative estimate of drug-likeness (QED) is 0.397. The predicted octanol–water partition coefficient (Wildman–Crippen LogP) is -0.544. The van der Waals surface area contributed by atoms with Crippen LogP contribution in [0.4, 0.5) is 0 Å². The molecule has 3 heterocycles. The van der Waals surface area contributed by atoms with Crippen molar-refractivity contribution < 1.29 is 39.7 Å². The Morgan fingerprint density at radius 3 is 2.33 bits per heavy atom. The SMILES string of the molecule is CC(/C=C/[C@]12O[C@@H](CC1(C)C)C[C@@]2(C)O)O[C@@H]1O[C@H](CO)[C@@H](O)[C@H](O)[C@H]1O. The fraction of sp³-hybridized carbons (Fsp3) is 0.895. The Bertz CT molecular complexity index is 554. The van der Waals surface area contributed by atoms with Crippen LogP contribution in [0.3, 0.4) is 0 Å². The molecule has 3 aliphatic rings. The van der Waals surface area contributed by atoms with Crippen LogP contribution in [-0.4, -0.2) is 86.3 Å². The van der Waals surface area contributed by atoms with E-state index >= 15 is 0 Å². The number of hydrogen-bond acceptors (Lipinski definition) is 8. The maximum atomic E-state index is 10.9. The van der Waals surface area contributed by atoms with Gasteiger partial charge in [-0.2, -0.15) is 0 Å². The van der Waals surface area contributed by atoms with Crippen molar-refractivity contribution in [3.8, 4) is 0 Å². The molecule has 0 spiro atoms. The van der Waals surface area contributed by atoms with E-state index < -0.39 is 54.6 Å². The van der Waals surface area contributed by atoms with E-state index in [4.69, 9.17) is 14.2 Å². The number of aliphatic hydroxyl groups excluding tert-OH is 4. The van der Waals surface area contributed by atoms with Crippen molar-refractivity contribution in [1.29, 1.82) is 0 Å². The van der Waals surface area contributed by atoms with Crippen molar-refractivity contribution >= 4 is 0 Å². The van der Waals surface area contributed by atoms with Crippen molar-refractivity contribution in [2.45, 2.75) is 94.7 Å². The summed E-state index contributed by atoms with van der Waals surface area (Å²) in [5.41, 5.74) is -2.09. The molecular weight excluding hydrogens is 356 g/mol. The second kappa shape index (κ2) is 7.03. The summed E-state index contributed by atoms with van der Waals surface area (Å²) < 4.78 is 17.2. The van der Waals surface area contributed by atoms with Gasteiger partial charge in [-0.05, 0) is 20.3 Å². The molecule has 156 valence electrons. The molecule has 8 heteroatoms. The lowest BCUT2D eigenvalue weighted by Crippen LogP contribution is -2.59. The molecule has 9 atom stereocenters. The second-order valence-electron chi connectivity index (χ2n) is 8.94. The van der Waals surface area contributed by atoms with E-state index in [1.807, 2.05) is 6.08 Å². The number of rotatable bonds is 5. The average molecular weight is 388 g/mol. The standard InChI is InChI=1S/C19H32O8/c1-10(25-16-15(23)14(22)13(21)12(9-20)26-16)5-6-19-17(2,3)7-11(27-19)8-18(19,4)24/h5-6,10-16,20-24H,7-9H2,1-4H3/b6-5+/t10?,11-,12+,13+,14-,15+,16+,18+,19-/m0/s1. The summed E-state index contributed by atoms with van der Waals surface area (Å²) in [7, 11) is 0. The van der Waals surface area contributed by atoms with Gasteiger partial charge >= 0.3 is 0 Å². The largest absolute Gasteiger partial charge is 0.394 e. The third-order valence-electron chi connectivity index (χ3n) is 6.32. The van der Waals surface area contributed by atoms with Gasteiger partial charge in [0.15, 0.2) is 6.29 Å². The number of aliphatic hydroxyl groups is 5. The van der Waals surface area contributed by atoms with Crippen LogP contribution in [0, 0.1) is 5.41 Å². The highest BCUT2D eigenvalue weighted by Crippen LogP contribution is 2.60. The fourth-order valence-electron chi connectivity index (χ4n) is 4.90. The Morgan fingerprint density at radius 2 is 1.78 bits per heavy atom. The molecule has 0 radical (unpaired) electrons. The predicted molar refractivity (Wildman–Crippen MR) is 94.7 cm³/mol. The van der Waals surface area contributed by atoms with Gasteiger partial charge in [-0.3, -0.25) is 0 Å². The minimum Gasteiger partial charge on any atom is -0.394 e. The molecule has 0 aromatic rings. The first-order valence-corrected chi connectivity index (χ1v) is 9.49.